The van der Waals surface area contributed by atoms with Gasteiger partial charge in [0, 0.05) is 60.1 Å². The molecule has 0 spiro atoms. The van der Waals surface area contributed by atoms with Crippen LogP contribution in [0.2, 0.25) is 0 Å². The summed E-state index contributed by atoms with van der Waals surface area (Å²) in [7, 11) is -6.00. The van der Waals surface area contributed by atoms with Crippen molar-refractivity contribution in [2.45, 2.75) is 38.8 Å². The zero-order chi connectivity index (χ0) is 39.5. The molecule has 4 N–H and O–H groups in total. The molecule has 0 saturated carbocycles. The largest absolute Gasteiger partial charge is 0.478 e. The summed E-state index contributed by atoms with van der Waals surface area (Å²) in [5.41, 5.74) is -6.35. The summed E-state index contributed by atoms with van der Waals surface area (Å²) in [6, 6.07) is 5.36. The van der Waals surface area contributed by atoms with Crippen LogP contribution in [0.1, 0.15) is 70.7 Å². The number of anilines is 1. The van der Waals surface area contributed by atoms with Gasteiger partial charge in [-0.05, 0) is 43.2 Å². The predicted molar refractivity (Wildman–Crippen MR) is 187 cm³/mol. The standard InChI is InChI=1S/C35H31F3N2O11S2/c1-34(2)11-15(13-52(45,46)47)17-7-19-23(9-21(17)39(34)5)51-24-10-22-18(16(14-53(48,49)50)12-35(3,4)40(22)6)8-20(24)25(19)26-27(32(41)42)30(37)31(38)28(29(26)36)33(43)44/h7-12H,13-14H2,1-6H3,(H3-,41,42,43,44,45,46,47,48,49,50)/p+1. The van der Waals surface area contributed by atoms with Gasteiger partial charge in [-0.1, -0.05) is 6.08 Å². The van der Waals surface area contributed by atoms with Gasteiger partial charge >= 0.3 is 11.9 Å². The van der Waals surface area contributed by atoms with E-state index < -0.39 is 94.5 Å². The monoisotopic (exact) mass is 777 g/mol. The summed E-state index contributed by atoms with van der Waals surface area (Å²) >= 11 is 0. The fourth-order valence-electron chi connectivity index (χ4n) is 7.04. The van der Waals surface area contributed by atoms with Crippen molar-refractivity contribution in [3.63, 3.8) is 0 Å². The van der Waals surface area contributed by atoms with Gasteiger partial charge in [0.1, 0.15) is 47.0 Å². The van der Waals surface area contributed by atoms with Gasteiger partial charge in [-0.15, -0.1) is 0 Å². The van der Waals surface area contributed by atoms with Crippen molar-refractivity contribution in [3.8, 4) is 11.5 Å². The van der Waals surface area contributed by atoms with Crippen molar-refractivity contribution in [1.82, 2.24) is 4.58 Å². The maximum atomic E-state index is 16.6. The van der Waals surface area contributed by atoms with Crippen LogP contribution in [0.5, 0.6) is 11.5 Å². The molecule has 0 unspecified atom stereocenters. The topological polar surface area (TPSA) is 199 Å². The molecule has 18 heteroatoms. The van der Waals surface area contributed by atoms with Crippen molar-refractivity contribution in [3.05, 3.63) is 97.8 Å². The van der Waals surface area contributed by atoms with E-state index in [1.807, 2.05) is 0 Å². The second-order valence-corrected chi connectivity index (χ2v) is 17.0. The van der Waals surface area contributed by atoms with Crippen LogP contribution >= 0.6 is 0 Å². The van der Waals surface area contributed by atoms with Gasteiger partial charge < -0.3 is 19.8 Å². The number of halogens is 3. The van der Waals surface area contributed by atoms with E-state index >= 15 is 13.2 Å². The molecule has 0 radical (unpaired) electrons. The number of hydrogen-bond donors (Lipinski definition) is 4. The van der Waals surface area contributed by atoms with Crippen molar-refractivity contribution >= 4 is 54.6 Å². The van der Waals surface area contributed by atoms with Crippen LogP contribution in [-0.2, 0) is 20.2 Å². The molecule has 0 aliphatic carbocycles. The van der Waals surface area contributed by atoms with Crippen molar-refractivity contribution < 1.29 is 63.7 Å². The number of carboxylic acids is 2. The van der Waals surface area contributed by atoms with Gasteiger partial charge in [-0.2, -0.15) is 16.8 Å². The molecule has 13 nitrogen and oxygen atoms in total. The zero-order valence-electron chi connectivity index (χ0n) is 28.9. The Balaban J connectivity index is 1.87. The van der Waals surface area contributed by atoms with E-state index in [9.17, 15) is 45.7 Å². The number of likely N-dealkylation sites (N-methyl/N-ethyl adjacent to an activating group) is 2. The maximum absolute atomic E-state index is 16.6. The van der Waals surface area contributed by atoms with Crippen LogP contribution < -0.4 is 24.8 Å². The van der Waals surface area contributed by atoms with Crippen molar-refractivity contribution in [2.75, 3.05) is 30.5 Å². The summed E-state index contributed by atoms with van der Waals surface area (Å²) < 4.78 is 124. The van der Waals surface area contributed by atoms with E-state index in [-0.39, 0.29) is 44.6 Å². The number of carbonyl (C=O) groups is 2. The number of ether oxygens (including phenoxy) is 1. The van der Waals surface area contributed by atoms with Crippen LogP contribution in [-0.4, -0.2) is 84.8 Å². The van der Waals surface area contributed by atoms with Crippen LogP contribution in [0.15, 0.2) is 36.4 Å². The molecule has 0 aromatic heterocycles. The van der Waals surface area contributed by atoms with E-state index in [2.05, 4.69) is 0 Å². The molecule has 0 saturated heterocycles. The summed E-state index contributed by atoms with van der Waals surface area (Å²) in [4.78, 5) is 26.5. The zero-order valence-corrected chi connectivity index (χ0v) is 30.5. The van der Waals surface area contributed by atoms with Gasteiger partial charge in [0.05, 0.1) is 17.2 Å². The number of aromatic carboxylic acids is 2. The second-order valence-electron chi connectivity index (χ2n) is 14.1. The Morgan fingerprint density at radius 3 is 1.87 bits per heavy atom. The summed E-state index contributed by atoms with van der Waals surface area (Å²) in [5, 5.41) is 20.0. The highest BCUT2D eigenvalue weighted by atomic mass is 32.2. The number of hydrogen-bond acceptors (Lipinski definition) is 8. The summed E-state index contributed by atoms with van der Waals surface area (Å²) in [6.45, 7) is 6.99. The lowest BCUT2D eigenvalue weighted by molar-refractivity contribution is 0.0665. The number of carboxylic acid groups (broad SMARTS) is 2. The Labute approximate surface area is 300 Å². The maximum Gasteiger partial charge on any atom is 0.341 e. The molecule has 280 valence electrons. The molecule has 3 heterocycles. The Kier molecular flexibility index (Phi) is 8.53. The lowest BCUT2D eigenvalue weighted by Crippen LogP contribution is -2.47. The quantitative estimate of drug-likeness (QED) is 0.121. The predicted octanol–water partition coefficient (Wildman–Crippen LogP) is 3.54. The van der Waals surface area contributed by atoms with E-state index in [1.54, 1.807) is 51.3 Å². The van der Waals surface area contributed by atoms with Crippen LogP contribution in [0.25, 0.3) is 16.7 Å². The number of benzene rings is 3. The lowest BCUT2D eigenvalue weighted by Gasteiger charge is -2.41. The normalized spacial score (nSPS) is 17.2. The third-order valence-corrected chi connectivity index (χ3v) is 11.2. The number of rotatable bonds is 7. The minimum absolute atomic E-state index is 0.0571. The Bertz CT molecular complexity index is 2670. The molecule has 0 atom stereocenters. The molecule has 6 rings (SSSR count). The smallest absolute Gasteiger partial charge is 0.341 e. The van der Waals surface area contributed by atoms with Gasteiger partial charge in [0.2, 0.25) is 5.36 Å². The summed E-state index contributed by atoms with van der Waals surface area (Å²) in [6.07, 6.45) is 3.08. The van der Waals surface area contributed by atoms with E-state index in [0.717, 1.165) is 0 Å². The highest BCUT2D eigenvalue weighted by Crippen LogP contribution is 2.47. The highest BCUT2D eigenvalue weighted by Gasteiger charge is 2.40. The molecule has 3 aliphatic heterocycles. The highest BCUT2D eigenvalue weighted by molar-refractivity contribution is 7.86. The van der Waals surface area contributed by atoms with Crippen molar-refractivity contribution in [1.29, 1.82) is 0 Å². The molecule has 0 fully saturated rings. The van der Waals surface area contributed by atoms with Gasteiger partial charge in [-0.25, -0.2) is 27.3 Å². The molecule has 3 aliphatic rings. The minimum atomic E-state index is -4.67. The Morgan fingerprint density at radius 2 is 1.32 bits per heavy atom. The molecule has 0 amide bonds. The SMILES string of the molecule is CN1c2cc3c(cc2C(CS(=O)(=O)O)=CC1(C)C)C(c1c(F)c(C(=O)O)c(F)c(F)c1C(=O)O)=c1cc2c(cc1O3)=[N+](C)C(C)(C)C=C2CS(=O)(=O)O. The first-order valence-corrected chi connectivity index (χ1v) is 18.9. The van der Waals surface area contributed by atoms with Crippen molar-refractivity contribution in [2.24, 2.45) is 0 Å². The average molecular weight is 778 g/mol. The molecule has 3 aromatic rings. The van der Waals surface area contributed by atoms with Crippen LogP contribution in [0, 0.1) is 17.5 Å². The average Bonchev–Trinajstić information content (AvgIpc) is 3.00. The lowest BCUT2D eigenvalue weighted by atomic mass is 9.83. The first-order chi connectivity index (χ1) is 24.2. The molecular formula is C35H32F3N2O11S2+. The van der Waals surface area contributed by atoms with Crippen LogP contribution in [0.4, 0.5) is 18.9 Å². The van der Waals surface area contributed by atoms with Crippen LogP contribution in [0.3, 0.4) is 0 Å². The molecular weight excluding hydrogens is 746 g/mol. The molecule has 53 heavy (non-hydrogen) atoms. The third kappa shape index (κ3) is 6.28. The fourth-order valence-corrected chi connectivity index (χ4v) is 8.30. The molecule has 0 bridgehead atoms. The van der Waals surface area contributed by atoms with E-state index in [4.69, 9.17) is 4.74 Å². The van der Waals surface area contributed by atoms with Gasteiger partial charge in [0.15, 0.2) is 17.2 Å². The Morgan fingerprint density at radius 1 is 0.774 bits per heavy atom. The number of fused-ring (bicyclic) bond motifs is 4. The first-order valence-electron chi connectivity index (χ1n) is 15.6. The second kappa shape index (κ2) is 12.0. The Hall–Kier alpha value is -5.04. The third-order valence-electron chi connectivity index (χ3n) is 9.83. The van der Waals surface area contributed by atoms with Gasteiger partial charge in [-0.3, -0.25) is 9.11 Å². The fraction of sp³-hybridized carbons (Fsp3) is 0.286. The first kappa shape index (κ1) is 37.7. The van der Waals surface area contributed by atoms with Gasteiger partial charge in [0.25, 0.3) is 20.2 Å². The molecule has 3 aromatic carbocycles. The summed E-state index contributed by atoms with van der Waals surface area (Å²) in [5.74, 6) is -12.9. The van der Waals surface area contributed by atoms with E-state index in [1.165, 1.54) is 36.4 Å². The van der Waals surface area contributed by atoms with E-state index in [0.29, 0.717) is 11.0 Å². The minimum Gasteiger partial charge on any atom is -0.478 e. The number of nitrogens with zero attached hydrogens (tertiary/aromatic N) is 2.